The average Bonchev–Trinajstić information content (AvgIpc) is 2.57. The van der Waals surface area contributed by atoms with Crippen molar-refractivity contribution in [3.63, 3.8) is 0 Å². The maximum Gasteiger partial charge on any atom is 0.250 e. The summed E-state index contributed by atoms with van der Waals surface area (Å²) in [6.07, 6.45) is 1.55. The van der Waals surface area contributed by atoms with Gasteiger partial charge in [-0.1, -0.05) is 18.2 Å². The first kappa shape index (κ1) is 12.4. The van der Waals surface area contributed by atoms with Crippen molar-refractivity contribution in [2.24, 2.45) is 17.8 Å². The molecule has 6 heteroatoms. The molecular weight excluding hydrogens is 256 g/mol. The Kier molecular flexibility index (Phi) is 2.78. The van der Waals surface area contributed by atoms with Crippen molar-refractivity contribution in [1.82, 2.24) is 4.57 Å². The molecule has 20 heavy (non-hydrogen) atoms. The zero-order valence-electron chi connectivity index (χ0n) is 11.0. The number of amides is 2. The molecule has 3 rings (SSSR count). The number of fused-ring (bicyclic) bond motifs is 3. The maximum absolute atomic E-state index is 12.1. The van der Waals surface area contributed by atoms with Crippen LogP contribution in [0.25, 0.3) is 10.9 Å². The molecule has 1 aliphatic rings. The minimum absolute atomic E-state index is 0.0890. The molecule has 0 bridgehead atoms. The van der Waals surface area contributed by atoms with E-state index in [9.17, 15) is 9.59 Å². The predicted molar refractivity (Wildman–Crippen MR) is 76.7 cm³/mol. The molecule has 0 spiro atoms. The molecule has 102 valence electrons. The Bertz CT molecular complexity index is 745. The maximum atomic E-state index is 12.1. The number of carbonyl (C=O) groups excluding carboxylic acids is 2. The number of hydrogen-bond donors (Lipinski definition) is 2. The lowest BCUT2D eigenvalue weighted by Crippen LogP contribution is -2.30. The van der Waals surface area contributed by atoms with E-state index in [0.717, 1.165) is 16.5 Å². The molecule has 1 atom stereocenters. The van der Waals surface area contributed by atoms with Crippen molar-refractivity contribution in [2.75, 3.05) is 5.32 Å². The number of nitrogens with two attached hydrogens (primary N) is 1. The molecule has 0 fully saturated rings. The summed E-state index contributed by atoms with van der Waals surface area (Å²) >= 11 is 0. The summed E-state index contributed by atoms with van der Waals surface area (Å²) in [5, 5.41) is 3.83. The van der Waals surface area contributed by atoms with E-state index < -0.39 is 11.9 Å². The molecule has 1 unspecified atom stereocenters. The van der Waals surface area contributed by atoms with Gasteiger partial charge in [0.2, 0.25) is 5.91 Å². The van der Waals surface area contributed by atoms with Crippen molar-refractivity contribution in [1.29, 1.82) is 0 Å². The fourth-order valence-electron chi connectivity index (χ4n) is 2.47. The summed E-state index contributed by atoms with van der Waals surface area (Å²) in [5.41, 5.74) is 7.00. The standard InChI is InChI=1S/C14H14N4O2/c1-18-11-5-3-2-4-8(11)9-7-16-10(6-12(15)19)14(20)17-13(9)18/h2-5,7,10H,6H2,1H3,(H2,15,19)(H,17,20). The summed E-state index contributed by atoms with van der Waals surface area (Å²) < 4.78 is 1.90. The number of primary amides is 1. The predicted octanol–water partition coefficient (Wildman–Crippen LogP) is 0.793. The van der Waals surface area contributed by atoms with E-state index in [4.69, 9.17) is 5.73 Å². The molecule has 0 aliphatic carbocycles. The Morgan fingerprint density at radius 2 is 2.20 bits per heavy atom. The van der Waals surface area contributed by atoms with Crippen LogP contribution in [0.3, 0.4) is 0 Å². The van der Waals surface area contributed by atoms with Crippen LogP contribution in [0.4, 0.5) is 5.82 Å². The van der Waals surface area contributed by atoms with Gasteiger partial charge in [0.1, 0.15) is 11.9 Å². The van der Waals surface area contributed by atoms with Crippen molar-refractivity contribution >= 4 is 34.7 Å². The lowest BCUT2D eigenvalue weighted by Gasteiger charge is -2.10. The highest BCUT2D eigenvalue weighted by Gasteiger charge is 2.25. The Labute approximate surface area is 115 Å². The fraction of sp³-hybridized carbons (Fsp3) is 0.214. The van der Waals surface area contributed by atoms with Gasteiger partial charge in [0.05, 0.1) is 11.9 Å². The van der Waals surface area contributed by atoms with Crippen LogP contribution >= 0.6 is 0 Å². The second-order valence-corrected chi connectivity index (χ2v) is 4.79. The molecule has 0 radical (unpaired) electrons. The van der Waals surface area contributed by atoms with Gasteiger partial charge in [-0.25, -0.2) is 0 Å². The van der Waals surface area contributed by atoms with Crippen LogP contribution in [0.15, 0.2) is 29.3 Å². The van der Waals surface area contributed by atoms with E-state index in [1.165, 1.54) is 0 Å². The highest BCUT2D eigenvalue weighted by atomic mass is 16.2. The van der Waals surface area contributed by atoms with Gasteiger partial charge in [-0.3, -0.25) is 14.6 Å². The van der Waals surface area contributed by atoms with Gasteiger partial charge in [0, 0.05) is 24.2 Å². The summed E-state index contributed by atoms with van der Waals surface area (Å²) in [5.74, 6) is -0.172. The minimum atomic E-state index is -0.765. The summed E-state index contributed by atoms with van der Waals surface area (Å²) in [7, 11) is 1.88. The second kappa shape index (κ2) is 4.48. The van der Waals surface area contributed by atoms with Gasteiger partial charge >= 0.3 is 0 Å². The van der Waals surface area contributed by atoms with Crippen molar-refractivity contribution in [3.05, 3.63) is 29.8 Å². The zero-order valence-corrected chi connectivity index (χ0v) is 11.0. The highest BCUT2D eigenvalue weighted by Crippen LogP contribution is 2.29. The number of carbonyl (C=O) groups is 2. The van der Waals surface area contributed by atoms with Gasteiger partial charge in [-0.05, 0) is 6.07 Å². The van der Waals surface area contributed by atoms with Crippen LogP contribution in [0, 0.1) is 0 Å². The first-order valence-electron chi connectivity index (χ1n) is 6.27. The van der Waals surface area contributed by atoms with E-state index >= 15 is 0 Å². The van der Waals surface area contributed by atoms with E-state index in [1.807, 2.05) is 35.9 Å². The van der Waals surface area contributed by atoms with Crippen molar-refractivity contribution in [2.45, 2.75) is 12.5 Å². The number of aryl methyl sites for hydroxylation is 1. The molecule has 3 N–H and O–H groups in total. The first-order chi connectivity index (χ1) is 9.58. The number of para-hydroxylation sites is 1. The quantitative estimate of drug-likeness (QED) is 0.845. The number of nitrogens with zero attached hydrogens (tertiary/aromatic N) is 2. The third kappa shape index (κ3) is 1.85. The van der Waals surface area contributed by atoms with Crippen molar-refractivity contribution < 1.29 is 9.59 Å². The minimum Gasteiger partial charge on any atom is -0.370 e. The number of aromatic nitrogens is 1. The summed E-state index contributed by atoms with van der Waals surface area (Å²) in [4.78, 5) is 27.3. The number of hydrogen-bond acceptors (Lipinski definition) is 3. The summed E-state index contributed by atoms with van der Waals surface area (Å²) in [6.45, 7) is 0. The van der Waals surface area contributed by atoms with E-state index in [0.29, 0.717) is 5.82 Å². The van der Waals surface area contributed by atoms with Gasteiger partial charge in [0.25, 0.3) is 5.91 Å². The second-order valence-electron chi connectivity index (χ2n) is 4.79. The molecule has 1 aromatic heterocycles. The molecule has 6 nitrogen and oxygen atoms in total. The molecule has 1 aromatic carbocycles. The van der Waals surface area contributed by atoms with Crippen molar-refractivity contribution in [3.8, 4) is 0 Å². The summed E-state index contributed by atoms with van der Waals surface area (Å²) in [6, 6.07) is 7.06. The third-order valence-corrected chi connectivity index (χ3v) is 3.47. The number of benzene rings is 1. The smallest absolute Gasteiger partial charge is 0.250 e. The van der Waals surface area contributed by atoms with Crippen LogP contribution < -0.4 is 11.1 Å². The Balaban J connectivity index is 2.12. The molecule has 2 aromatic rings. The Hall–Kier alpha value is -2.63. The largest absolute Gasteiger partial charge is 0.370 e. The molecule has 2 amide bonds. The van der Waals surface area contributed by atoms with Crippen LogP contribution in [-0.2, 0) is 16.6 Å². The topological polar surface area (TPSA) is 89.5 Å². The molecule has 2 heterocycles. The Morgan fingerprint density at radius 1 is 1.45 bits per heavy atom. The monoisotopic (exact) mass is 270 g/mol. The number of nitrogens with one attached hydrogen (secondary N) is 1. The SMILES string of the molecule is Cn1c2c(c3ccccc31)C=NC(CC(N)=O)C(=O)N2. The van der Waals surface area contributed by atoms with Gasteiger partial charge < -0.3 is 15.6 Å². The Morgan fingerprint density at radius 3 is 2.95 bits per heavy atom. The molecule has 0 saturated heterocycles. The van der Waals surface area contributed by atoms with Crippen LogP contribution in [0.2, 0.25) is 0 Å². The highest BCUT2D eigenvalue weighted by molar-refractivity contribution is 6.12. The number of rotatable bonds is 2. The van der Waals surface area contributed by atoms with Gasteiger partial charge in [0.15, 0.2) is 0 Å². The molecule has 1 aliphatic heterocycles. The first-order valence-corrected chi connectivity index (χ1v) is 6.27. The van der Waals surface area contributed by atoms with Crippen LogP contribution in [0.1, 0.15) is 12.0 Å². The fourth-order valence-corrected chi connectivity index (χ4v) is 2.47. The molecular formula is C14H14N4O2. The normalized spacial score (nSPS) is 17.6. The van der Waals surface area contributed by atoms with E-state index in [2.05, 4.69) is 10.3 Å². The third-order valence-electron chi connectivity index (χ3n) is 3.47. The van der Waals surface area contributed by atoms with Gasteiger partial charge in [-0.2, -0.15) is 0 Å². The average molecular weight is 270 g/mol. The lowest BCUT2D eigenvalue weighted by molar-refractivity contribution is -0.123. The van der Waals surface area contributed by atoms with Crippen LogP contribution in [-0.4, -0.2) is 28.6 Å². The number of anilines is 1. The van der Waals surface area contributed by atoms with E-state index in [-0.39, 0.29) is 12.3 Å². The van der Waals surface area contributed by atoms with Crippen LogP contribution in [0.5, 0.6) is 0 Å². The van der Waals surface area contributed by atoms with Gasteiger partial charge in [-0.15, -0.1) is 0 Å². The molecule has 0 saturated carbocycles. The zero-order chi connectivity index (χ0) is 14.3. The lowest BCUT2D eigenvalue weighted by atomic mass is 10.2. The van der Waals surface area contributed by atoms with E-state index in [1.54, 1.807) is 6.21 Å². The number of aliphatic imine (C=N–C) groups is 1.